The van der Waals surface area contributed by atoms with Crippen molar-refractivity contribution in [1.29, 1.82) is 0 Å². The summed E-state index contributed by atoms with van der Waals surface area (Å²) in [6.45, 7) is 2.11. The van der Waals surface area contributed by atoms with Gasteiger partial charge < -0.3 is 9.15 Å². The fourth-order valence-corrected chi connectivity index (χ4v) is 4.86. The monoisotopic (exact) mass is 396 g/mol. The van der Waals surface area contributed by atoms with Crippen LogP contribution in [0.3, 0.4) is 0 Å². The second kappa shape index (κ2) is 7.54. The van der Waals surface area contributed by atoms with E-state index >= 15 is 0 Å². The Hall–Kier alpha value is -2.64. The number of thioether (sulfide) groups is 1. The molecule has 0 atom stereocenters. The number of aryl methyl sites for hydroxylation is 1. The molecule has 0 aliphatic rings. The van der Waals surface area contributed by atoms with Crippen LogP contribution < -0.4 is 0 Å². The quantitative estimate of drug-likeness (QED) is 0.258. The number of thiophene rings is 1. The lowest BCUT2D eigenvalue weighted by atomic mass is 10.0. The third kappa shape index (κ3) is 3.48. The van der Waals surface area contributed by atoms with Crippen LogP contribution >= 0.6 is 23.1 Å². The fourth-order valence-electron chi connectivity index (χ4n) is 2.88. The van der Waals surface area contributed by atoms with Gasteiger partial charge in [-0.1, -0.05) is 42.1 Å². The first kappa shape index (κ1) is 17.8. The van der Waals surface area contributed by atoms with Gasteiger partial charge in [0, 0.05) is 10.4 Å². The number of benzene rings is 1. The van der Waals surface area contributed by atoms with Crippen LogP contribution in [0.1, 0.15) is 21.2 Å². The van der Waals surface area contributed by atoms with Crippen molar-refractivity contribution in [3.63, 3.8) is 0 Å². The Labute approximate surface area is 164 Å². The molecule has 0 saturated carbocycles. The number of furan rings is 1. The lowest BCUT2D eigenvalue weighted by Gasteiger charge is -2.05. The molecule has 0 amide bonds. The standard InChI is InChI=1S/C20H16N2O3S2/c1-12-16(13-6-4-3-5-7-13)17-18(21-11-22-19(17)27-12)26-10-14-8-9-15(25-14)20(23)24-2/h3-9,11H,10H2,1-2H3. The second-order valence-electron chi connectivity index (χ2n) is 5.80. The maximum atomic E-state index is 11.5. The van der Waals surface area contributed by atoms with Gasteiger partial charge in [-0.2, -0.15) is 0 Å². The summed E-state index contributed by atoms with van der Waals surface area (Å²) in [5.74, 6) is 0.986. The van der Waals surface area contributed by atoms with Crippen molar-refractivity contribution in [3.05, 3.63) is 65.2 Å². The normalized spacial score (nSPS) is 11.0. The number of rotatable bonds is 5. The molecule has 27 heavy (non-hydrogen) atoms. The van der Waals surface area contributed by atoms with E-state index in [1.807, 2.05) is 18.2 Å². The van der Waals surface area contributed by atoms with Crippen LogP contribution in [-0.2, 0) is 10.5 Å². The predicted molar refractivity (Wildman–Crippen MR) is 107 cm³/mol. The number of hydrogen-bond acceptors (Lipinski definition) is 7. The maximum Gasteiger partial charge on any atom is 0.373 e. The molecule has 4 aromatic rings. The average molecular weight is 396 g/mol. The Kier molecular flexibility index (Phi) is 4.96. The minimum absolute atomic E-state index is 0.206. The summed E-state index contributed by atoms with van der Waals surface area (Å²) in [6, 6.07) is 13.7. The van der Waals surface area contributed by atoms with Gasteiger partial charge in [-0.05, 0) is 24.6 Å². The smallest absolute Gasteiger partial charge is 0.373 e. The molecule has 4 rings (SSSR count). The summed E-state index contributed by atoms with van der Waals surface area (Å²) in [5, 5.41) is 1.97. The summed E-state index contributed by atoms with van der Waals surface area (Å²) in [4.78, 5) is 22.7. The Morgan fingerprint density at radius 2 is 2.00 bits per heavy atom. The molecule has 1 aromatic carbocycles. The fraction of sp³-hybridized carbons (Fsp3) is 0.150. The zero-order valence-electron chi connectivity index (χ0n) is 14.8. The molecule has 136 valence electrons. The molecule has 0 bridgehead atoms. The first-order valence-electron chi connectivity index (χ1n) is 8.26. The average Bonchev–Trinajstić information content (AvgIpc) is 3.30. The third-order valence-electron chi connectivity index (χ3n) is 4.09. The number of aromatic nitrogens is 2. The van der Waals surface area contributed by atoms with Gasteiger partial charge in [-0.15, -0.1) is 11.3 Å². The molecule has 0 radical (unpaired) electrons. The maximum absolute atomic E-state index is 11.5. The highest BCUT2D eigenvalue weighted by Gasteiger charge is 2.18. The number of hydrogen-bond donors (Lipinski definition) is 0. The first-order chi connectivity index (χ1) is 13.2. The van der Waals surface area contributed by atoms with Crippen molar-refractivity contribution >= 4 is 39.3 Å². The largest absolute Gasteiger partial charge is 0.463 e. The molecule has 0 N–H and O–H groups in total. The van der Waals surface area contributed by atoms with E-state index in [0.717, 1.165) is 20.8 Å². The molecule has 3 aromatic heterocycles. The zero-order chi connectivity index (χ0) is 18.8. The highest BCUT2D eigenvalue weighted by atomic mass is 32.2. The number of nitrogens with zero attached hydrogens (tertiary/aromatic N) is 2. The van der Waals surface area contributed by atoms with Crippen LogP contribution in [0.25, 0.3) is 21.3 Å². The van der Waals surface area contributed by atoms with E-state index in [-0.39, 0.29) is 5.76 Å². The Morgan fingerprint density at radius 1 is 1.19 bits per heavy atom. The van der Waals surface area contributed by atoms with Gasteiger partial charge in [0.15, 0.2) is 0 Å². The van der Waals surface area contributed by atoms with Crippen LogP contribution in [-0.4, -0.2) is 23.0 Å². The molecule has 0 aliphatic carbocycles. The van der Waals surface area contributed by atoms with Crippen molar-refractivity contribution < 1.29 is 13.9 Å². The summed E-state index contributed by atoms with van der Waals surface area (Å²) in [5.41, 5.74) is 2.33. The topological polar surface area (TPSA) is 65.2 Å². The van der Waals surface area contributed by atoms with Crippen molar-refractivity contribution in [2.75, 3.05) is 7.11 Å². The van der Waals surface area contributed by atoms with E-state index < -0.39 is 5.97 Å². The van der Waals surface area contributed by atoms with Crippen LogP contribution in [0.15, 0.2) is 58.2 Å². The first-order valence-corrected chi connectivity index (χ1v) is 10.1. The number of methoxy groups -OCH3 is 1. The molecular formula is C20H16N2O3S2. The number of fused-ring (bicyclic) bond motifs is 1. The van der Waals surface area contributed by atoms with Crippen molar-refractivity contribution in [2.24, 2.45) is 0 Å². The van der Waals surface area contributed by atoms with Gasteiger partial charge in [-0.3, -0.25) is 0 Å². The minimum atomic E-state index is -0.476. The van der Waals surface area contributed by atoms with E-state index in [1.165, 1.54) is 17.6 Å². The molecule has 5 nitrogen and oxygen atoms in total. The number of ether oxygens (including phenoxy) is 1. The molecule has 0 spiro atoms. The van der Waals surface area contributed by atoms with E-state index in [2.05, 4.69) is 33.8 Å². The summed E-state index contributed by atoms with van der Waals surface area (Å²) in [7, 11) is 1.33. The van der Waals surface area contributed by atoms with E-state index in [0.29, 0.717) is 11.5 Å². The molecule has 3 heterocycles. The van der Waals surface area contributed by atoms with Crippen molar-refractivity contribution in [1.82, 2.24) is 9.97 Å². The van der Waals surface area contributed by atoms with Gasteiger partial charge in [0.25, 0.3) is 0 Å². The van der Waals surface area contributed by atoms with E-state index in [1.54, 1.807) is 41.6 Å². The lowest BCUT2D eigenvalue weighted by Crippen LogP contribution is -1.98. The summed E-state index contributed by atoms with van der Waals surface area (Å²) >= 11 is 3.24. The highest BCUT2D eigenvalue weighted by molar-refractivity contribution is 7.98. The van der Waals surface area contributed by atoms with Crippen LogP contribution in [0.5, 0.6) is 0 Å². The van der Waals surface area contributed by atoms with Gasteiger partial charge >= 0.3 is 5.97 Å². The van der Waals surface area contributed by atoms with Crippen LogP contribution in [0.4, 0.5) is 0 Å². The van der Waals surface area contributed by atoms with Gasteiger partial charge in [0.1, 0.15) is 21.9 Å². The molecule has 0 saturated heterocycles. The van der Waals surface area contributed by atoms with Gasteiger partial charge in [0.05, 0.1) is 18.2 Å². The second-order valence-corrected chi connectivity index (χ2v) is 7.97. The van der Waals surface area contributed by atoms with Gasteiger partial charge in [-0.25, -0.2) is 14.8 Å². The van der Waals surface area contributed by atoms with Crippen molar-refractivity contribution in [3.8, 4) is 11.1 Å². The third-order valence-corrected chi connectivity index (χ3v) is 6.12. The molecule has 7 heteroatoms. The molecule has 0 fully saturated rings. The number of esters is 1. The summed E-state index contributed by atoms with van der Waals surface area (Å²) < 4.78 is 10.2. The van der Waals surface area contributed by atoms with Gasteiger partial charge in [0.2, 0.25) is 5.76 Å². The van der Waals surface area contributed by atoms with Crippen molar-refractivity contribution in [2.45, 2.75) is 17.7 Å². The molecule has 0 aliphatic heterocycles. The van der Waals surface area contributed by atoms with E-state index in [4.69, 9.17) is 4.42 Å². The SMILES string of the molecule is COC(=O)c1ccc(CSc2ncnc3sc(C)c(-c4ccccc4)c23)o1. The Balaban J connectivity index is 1.68. The Bertz CT molecular complexity index is 1100. The van der Waals surface area contributed by atoms with Crippen LogP contribution in [0, 0.1) is 6.92 Å². The minimum Gasteiger partial charge on any atom is -0.463 e. The zero-order valence-corrected chi connectivity index (χ0v) is 16.4. The summed E-state index contributed by atoms with van der Waals surface area (Å²) in [6.07, 6.45) is 1.59. The lowest BCUT2D eigenvalue weighted by molar-refractivity contribution is 0.0563. The molecular weight excluding hydrogens is 380 g/mol. The Morgan fingerprint density at radius 3 is 2.78 bits per heavy atom. The van der Waals surface area contributed by atoms with Crippen LogP contribution in [0.2, 0.25) is 0 Å². The number of carbonyl (C=O) groups excluding carboxylic acids is 1. The molecule has 0 unspecified atom stereocenters. The predicted octanol–water partition coefficient (Wildman–Crippen LogP) is 5.34. The van der Waals surface area contributed by atoms with E-state index in [9.17, 15) is 4.79 Å². The number of carbonyl (C=O) groups is 1. The highest BCUT2D eigenvalue weighted by Crippen LogP contribution is 2.41.